The number of thiocarbonyl (C=S) groups is 1. The smallest absolute Gasteiger partial charge is 0.285 e. The molecule has 0 unspecified atom stereocenters. The summed E-state index contributed by atoms with van der Waals surface area (Å²) < 4.78 is 16.8. The first-order chi connectivity index (χ1) is 18.8. The number of hydrogen-bond donors (Lipinski definition) is 1. The summed E-state index contributed by atoms with van der Waals surface area (Å²) in [5, 5.41) is 12.3. The van der Waals surface area contributed by atoms with Gasteiger partial charge in [0.15, 0.2) is 15.8 Å². The number of thioether (sulfide) groups is 1. The van der Waals surface area contributed by atoms with Gasteiger partial charge in [-0.15, -0.1) is 0 Å². The molecule has 0 aliphatic carbocycles. The Morgan fingerprint density at radius 3 is 2.54 bits per heavy atom. The molecule has 0 atom stereocenters. The van der Waals surface area contributed by atoms with Gasteiger partial charge in [-0.1, -0.05) is 30.0 Å². The van der Waals surface area contributed by atoms with Gasteiger partial charge in [0.25, 0.3) is 17.5 Å². The molecule has 10 nitrogen and oxygen atoms in total. The maximum absolute atomic E-state index is 13.0. The van der Waals surface area contributed by atoms with Crippen molar-refractivity contribution >= 4 is 51.9 Å². The molecule has 0 saturated carbocycles. The molecule has 0 radical (unpaired) electrons. The molecule has 3 aromatic rings. The highest BCUT2D eigenvalue weighted by Crippen LogP contribution is 2.35. The lowest BCUT2D eigenvalue weighted by Gasteiger charge is -2.15. The Labute approximate surface area is 233 Å². The first-order valence-corrected chi connectivity index (χ1v) is 12.9. The third-order valence-corrected chi connectivity index (χ3v) is 6.80. The Kier molecular flexibility index (Phi) is 8.79. The summed E-state index contributed by atoms with van der Waals surface area (Å²) in [6, 6.07) is 17.9. The predicted molar refractivity (Wildman–Crippen MR) is 151 cm³/mol. The van der Waals surface area contributed by atoms with Crippen LogP contribution in [-0.4, -0.2) is 39.8 Å². The van der Waals surface area contributed by atoms with Crippen LogP contribution in [0.25, 0.3) is 6.08 Å². The number of methoxy groups -OCH3 is 1. The van der Waals surface area contributed by atoms with Crippen molar-refractivity contribution in [1.29, 1.82) is 0 Å². The molecule has 0 spiro atoms. The number of amides is 2. The number of nitro benzene ring substituents is 1. The normalized spacial score (nSPS) is 13.9. The third kappa shape index (κ3) is 6.54. The van der Waals surface area contributed by atoms with E-state index in [2.05, 4.69) is 5.43 Å². The van der Waals surface area contributed by atoms with E-state index in [1.54, 1.807) is 66.7 Å². The minimum atomic E-state index is -0.492. The van der Waals surface area contributed by atoms with Crippen molar-refractivity contribution in [2.75, 3.05) is 13.7 Å². The van der Waals surface area contributed by atoms with E-state index in [-0.39, 0.29) is 16.6 Å². The van der Waals surface area contributed by atoms with Gasteiger partial charge in [0, 0.05) is 11.6 Å². The monoisotopic (exact) mass is 565 g/mol. The molecule has 1 fully saturated rings. The number of para-hydroxylation sites is 1. The Morgan fingerprint density at radius 2 is 1.85 bits per heavy atom. The highest BCUT2D eigenvalue weighted by molar-refractivity contribution is 8.26. The number of rotatable bonds is 10. The number of carbonyl (C=O) groups is 2. The summed E-state index contributed by atoms with van der Waals surface area (Å²) >= 11 is 6.37. The zero-order chi connectivity index (χ0) is 27.9. The molecule has 4 rings (SSSR count). The summed E-state index contributed by atoms with van der Waals surface area (Å²) in [5.41, 5.74) is 3.91. The first kappa shape index (κ1) is 27.6. The van der Waals surface area contributed by atoms with Crippen LogP contribution in [0.4, 0.5) is 5.69 Å². The van der Waals surface area contributed by atoms with E-state index < -0.39 is 16.7 Å². The van der Waals surface area contributed by atoms with Gasteiger partial charge in [-0.25, -0.2) is 0 Å². The van der Waals surface area contributed by atoms with Crippen LogP contribution in [0.15, 0.2) is 71.6 Å². The van der Waals surface area contributed by atoms with Crippen molar-refractivity contribution in [3.05, 3.63) is 98.4 Å². The van der Waals surface area contributed by atoms with E-state index in [9.17, 15) is 19.7 Å². The lowest BCUT2D eigenvalue weighted by atomic mass is 10.1. The number of hydrogen-bond acceptors (Lipinski definition) is 9. The van der Waals surface area contributed by atoms with Gasteiger partial charge in [0.1, 0.15) is 12.4 Å². The van der Waals surface area contributed by atoms with Crippen LogP contribution >= 0.6 is 24.0 Å². The largest absolute Gasteiger partial charge is 0.497 e. The van der Waals surface area contributed by atoms with Gasteiger partial charge < -0.3 is 14.2 Å². The standard InChI is InChI=1S/C27H23N3O7S2/c1-3-36-23-14-17(8-13-22(23)37-16-19-6-4-5-7-21(19)30(33)34)15-24-26(32)29(27(38)39-24)28-25(31)18-9-11-20(35-2)12-10-18/h4-15H,3,16H2,1-2H3,(H,28,31)/b24-15+. The number of carbonyl (C=O) groups excluding carboxylic acids is 2. The lowest BCUT2D eigenvalue weighted by molar-refractivity contribution is -0.385. The van der Waals surface area contributed by atoms with Crippen molar-refractivity contribution in [1.82, 2.24) is 10.4 Å². The molecule has 39 heavy (non-hydrogen) atoms. The molecule has 3 aromatic carbocycles. The molecule has 0 bridgehead atoms. The zero-order valence-electron chi connectivity index (χ0n) is 20.9. The zero-order valence-corrected chi connectivity index (χ0v) is 22.5. The molecule has 12 heteroatoms. The maximum Gasteiger partial charge on any atom is 0.285 e. The van der Waals surface area contributed by atoms with Crippen LogP contribution in [0.2, 0.25) is 0 Å². The minimum absolute atomic E-state index is 0.0247. The fourth-order valence-electron chi connectivity index (χ4n) is 3.59. The molecule has 1 aliphatic heterocycles. The van der Waals surface area contributed by atoms with E-state index in [0.717, 1.165) is 16.8 Å². The van der Waals surface area contributed by atoms with Gasteiger partial charge in [0.05, 0.1) is 29.1 Å². The van der Waals surface area contributed by atoms with E-state index >= 15 is 0 Å². The molecule has 1 aliphatic rings. The van der Waals surface area contributed by atoms with Crippen molar-refractivity contribution < 1.29 is 28.7 Å². The average Bonchev–Trinajstić information content (AvgIpc) is 3.20. The van der Waals surface area contributed by atoms with Crippen molar-refractivity contribution in [3.63, 3.8) is 0 Å². The average molecular weight is 566 g/mol. The highest BCUT2D eigenvalue weighted by atomic mass is 32.2. The topological polar surface area (TPSA) is 120 Å². The van der Waals surface area contributed by atoms with Crippen LogP contribution in [0.1, 0.15) is 28.4 Å². The quantitative estimate of drug-likeness (QED) is 0.154. The molecule has 1 N–H and O–H groups in total. The Morgan fingerprint density at radius 1 is 1.10 bits per heavy atom. The second-order valence-electron chi connectivity index (χ2n) is 8.00. The third-order valence-electron chi connectivity index (χ3n) is 5.50. The van der Waals surface area contributed by atoms with Gasteiger partial charge in [-0.3, -0.25) is 25.1 Å². The number of nitro groups is 1. The summed E-state index contributed by atoms with van der Waals surface area (Å²) in [5.74, 6) is 0.444. The number of hydrazine groups is 1. The van der Waals surface area contributed by atoms with Crippen LogP contribution in [0.5, 0.6) is 17.2 Å². The summed E-state index contributed by atoms with van der Waals surface area (Å²) in [6.07, 6.45) is 1.63. The number of nitrogens with one attached hydrogen (secondary N) is 1. The molecular weight excluding hydrogens is 542 g/mol. The van der Waals surface area contributed by atoms with Crippen LogP contribution in [0, 0.1) is 10.1 Å². The molecular formula is C27H23N3O7S2. The SMILES string of the molecule is CCOc1cc(/C=C2/SC(=S)N(NC(=O)c3ccc(OC)cc3)C2=O)ccc1OCc1ccccc1[N+](=O)[O-]. The van der Waals surface area contributed by atoms with Gasteiger partial charge in [-0.05, 0) is 73.2 Å². The summed E-state index contributed by atoms with van der Waals surface area (Å²) in [6.45, 7) is 2.14. The van der Waals surface area contributed by atoms with E-state index in [0.29, 0.717) is 45.5 Å². The van der Waals surface area contributed by atoms with Gasteiger partial charge in [0.2, 0.25) is 0 Å². The molecule has 200 valence electrons. The highest BCUT2D eigenvalue weighted by Gasteiger charge is 2.34. The van der Waals surface area contributed by atoms with Gasteiger partial charge in [-0.2, -0.15) is 5.01 Å². The van der Waals surface area contributed by atoms with Crippen molar-refractivity contribution in [2.24, 2.45) is 0 Å². The summed E-state index contributed by atoms with van der Waals surface area (Å²) in [4.78, 5) is 36.8. The van der Waals surface area contributed by atoms with Crippen molar-refractivity contribution in [3.8, 4) is 17.2 Å². The molecule has 1 saturated heterocycles. The number of benzene rings is 3. The van der Waals surface area contributed by atoms with E-state index in [1.807, 2.05) is 6.92 Å². The summed E-state index contributed by atoms with van der Waals surface area (Å²) in [7, 11) is 1.53. The van der Waals surface area contributed by atoms with Gasteiger partial charge >= 0.3 is 0 Å². The molecule has 0 aromatic heterocycles. The lowest BCUT2D eigenvalue weighted by Crippen LogP contribution is -2.44. The maximum atomic E-state index is 13.0. The van der Waals surface area contributed by atoms with Crippen LogP contribution in [0.3, 0.4) is 0 Å². The van der Waals surface area contributed by atoms with E-state index in [4.69, 9.17) is 26.4 Å². The predicted octanol–water partition coefficient (Wildman–Crippen LogP) is 5.13. The fraction of sp³-hybridized carbons (Fsp3) is 0.148. The Hall–Kier alpha value is -4.42. The molecule has 2 amide bonds. The number of nitrogens with zero attached hydrogens (tertiary/aromatic N) is 2. The first-order valence-electron chi connectivity index (χ1n) is 11.7. The van der Waals surface area contributed by atoms with Crippen molar-refractivity contribution in [2.45, 2.75) is 13.5 Å². The Balaban J connectivity index is 1.49. The van der Waals surface area contributed by atoms with Crippen LogP contribution in [-0.2, 0) is 11.4 Å². The fourth-order valence-corrected chi connectivity index (χ4v) is 4.77. The Bertz CT molecular complexity index is 1460. The number of ether oxygens (including phenoxy) is 3. The minimum Gasteiger partial charge on any atom is -0.497 e. The van der Waals surface area contributed by atoms with E-state index in [1.165, 1.54) is 13.2 Å². The molecule has 1 heterocycles. The van der Waals surface area contributed by atoms with Crippen LogP contribution < -0.4 is 19.6 Å². The second kappa shape index (κ2) is 12.4. The second-order valence-corrected chi connectivity index (χ2v) is 9.68.